The summed E-state index contributed by atoms with van der Waals surface area (Å²) in [6.07, 6.45) is -0.979. The standard InChI is InChI=1S/C28H30N2O6/c1-18-13-20(26(33-3)28(32)34-4)15-21(14-18)29-27(31)19-9-11-22(12-10-19)35-17-23-16-30(2)24-7-5-6-8-25(24)36-23/h5-15,23,26H,16-17H2,1-4H3,(H,29,31)/t23-,26?/m0/s1. The van der Waals surface area contributed by atoms with E-state index in [1.807, 2.05) is 50.4 Å². The Hall–Kier alpha value is -4.04. The molecule has 0 fully saturated rings. The van der Waals surface area contributed by atoms with Gasteiger partial charge in [0.05, 0.1) is 19.3 Å². The van der Waals surface area contributed by atoms with Crippen molar-refractivity contribution in [2.24, 2.45) is 0 Å². The van der Waals surface area contributed by atoms with Crippen molar-refractivity contribution in [2.75, 3.05) is 44.6 Å². The maximum atomic E-state index is 12.8. The van der Waals surface area contributed by atoms with Crippen LogP contribution in [0.2, 0.25) is 0 Å². The molecule has 0 bridgehead atoms. The Morgan fingerprint density at radius 2 is 1.83 bits per heavy atom. The summed E-state index contributed by atoms with van der Waals surface area (Å²) in [5.74, 6) is 0.703. The number of amides is 1. The molecule has 1 aliphatic heterocycles. The van der Waals surface area contributed by atoms with E-state index >= 15 is 0 Å². The normalized spacial score (nSPS) is 15.3. The Balaban J connectivity index is 1.37. The molecular weight excluding hydrogens is 460 g/mol. The predicted molar refractivity (Wildman–Crippen MR) is 137 cm³/mol. The maximum Gasteiger partial charge on any atom is 0.339 e. The zero-order valence-corrected chi connectivity index (χ0v) is 20.8. The number of fused-ring (bicyclic) bond motifs is 1. The van der Waals surface area contributed by atoms with Crippen LogP contribution in [0.5, 0.6) is 11.5 Å². The smallest absolute Gasteiger partial charge is 0.339 e. The van der Waals surface area contributed by atoms with E-state index in [2.05, 4.69) is 10.2 Å². The molecule has 3 aromatic carbocycles. The molecule has 36 heavy (non-hydrogen) atoms. The van der Waals surface area contributed by atoms with Gasteiger partial charge in [-0.05, 0) is 66.6 Å². The molecule has 1 amide bonds. The van der Waals surface area contributed by atoms with Crippen molar-refractivity contribution in [2.45, 2.75) is 19.1 Å². The number of rotatable bonds is 8. The van der Waals surface area contributed by atoms with Gasteiger partial charge in [0.15, 0.2) is 6.10 Å². The van der Waals surface area contributed by atoms with Crippen molar-refractivity contribution in [3.05, 3.63) is 83.4 Å². The number of methoxy groups -OCH3 is 2. The first-order valence-corrected chi connectivity index (χ1v) is 11.6. The number of ether oxygens (including phenoxy) is 4. The molecule has 0 saturated heterocycles. The second-order valence-corrected chi connectivity index (χ2v) is 8.65. The maximum absolute atomic E-state index is 12.8. The van der Waals surface area contributed by atoms with Crippen LogP contribution in [-0.4, -0.2) is 52.4 Å². The number of aryl methyl sites for hydroxylation is 1. The molecule has 188 valence electrons. The monoisotopic (exact) mass is 490 g/mol. The third-order valence-electron chi connectivity index (χ3n) is 5.91. The minimum Gasteiger partial charge on any atom is -0.490 e. The number of likely N-dealkylation sites (N-methyl/N-ethyl adjacent to an activating group) is 1. The topological polar surface area (TPSA) is 86.3 Å². The van der Waals surface area contributed by atoms with Crippen molar-refractivity contribution in [1.29, 1.82) is 0 Å². The molecule has 8 heteroatoms. The van der Waals surface area contributed by atoms with Crippen LogP contribution in [-0.2, 0) is 14.3 Å². The fourth-order valence-corrected chi connectivity index (χ4v) is 4.19. The number of nitrogens with zero attached hydrogens (tertiary/aromatic N) is 1. The van der Waals surface area contributed by atoms with Crippen LogP contribution in [0.4, 0.5) is 11.4 Å². The van der Waals surface area contributed by atoms with E-state index in [0.29, 0.717) is 29.2 Å². The summed E-state index contributed by atoms with van der Waals surface area (Å²) in [5.41, 5.74) is 3.56. The van der Waals surface area contributed by atoms with E-state index in [9.17, 15) is 9.59 Å². The summed E-state index contributed by atoms with van der Waals surface area (Å²) in [6, 6.07) is 20.2. The Bertz CT molecular complexity index is 1230. The highest BCUT2D eigenvalue weighted by Crippen LogP contribution is 2.32. The average Bonchev–Trinajstić information content (AvgIpc) is 2.88. The van der Waals surface area contributed by atoms with Gasteiger partial charge in [-0.3, -0.25) is 4.79 Å². The lowest BCUT2D eigenvalue weighted by molar-refractivity contribution is -0.152. The second kappa shape index (κ2) is 11.1. The van der Waals surface area contributed by atoms with Crippen molar-refractivity contribution < 1.29 is 28.5 Å². The number of para-hydroxylation sites is 2. The van der Waals surface area contributed by atoms with Gasteiger partial charge in [0.2, 0.25) is 0 Å². The first kappa shape index (κ1) is 25.1. The van der Waals surface area contributed by atoms with Crippen LogP contribution in [0.3, 0.4) is 0 Å². The lowest BCUT2D eigenvalue weighted by Crippen LogP contribution is -2.41. The second-order valence-electron chi connectivity index (χ2n) is 8.65. The van der Waals surface area contributed by atoms with Gasteiger partial charge in [-0.15, -0.1) is 0 Å². The molecule has 4 rings (SSSR count). The predicted octanol–water partition coefficient (Wildman–Crippen LogP) is 4.38. The van der Waals surface area contributed by atoms with Crippen LogP contribution in [0.25, 0.3) is 0 Å². The summed E-state index contributed by atoms with van der Waals surface area (Å²) in [6.45, 7) is 2.98. The minimum atomic E-state index is -0.872. The Morgan fingerprint density at radius 3 is 2.56 bits per heavy atom. The molecule has 0 aliphatic carbocycles. The largest absolute Gasteiger partial charge is 0.490 e. The van der Waals surface area contributed by atoms with E-state index < -0.39 is 12.1 Å². The van der Waals surface area contributed by atoms with Gasteiger partial charge in [-0.2, -0.15) is 0 Å². The van der Waals surface area contributed by atoms with Crippen molar-refractivity contribution in [3.63, 3.8) is 0 Å². The van der Waals surface area contributed by atoms with E-state index in [0.717, 1.165) is 23.5 Å². The number of anilines is 2. The van der Waals surface area contributed by atoms with Gasteiger partial charge >= 0.3 is 5.97 Å². The van der Waals surface area contributed by atoms with Crippen molar-refractivity contribution in [1.82, 2.24) is 0 Å². The summed E-state index contributed by atoms with van der Waals surface area (Å²) < 4.78 is 22.1. The molecule has 8 nitrogen and oxygen atoms in total. The number of benzene rings is 3. The van der Waals surface area contributed by atoms with E-state index in [1.165, 1.54) is 14.2 Å². The third kappa shape index (κ3) is 5.78. The number of esters is 1. The summed E-state index contributed by atoms with van der Waals surface area (Å²) in [4.78, 5) is 27.0. The fraction of sp³-hybridized carbons (Fsp3) is 0.286. The van der Waals surface area contributed by atoms with Crippen LogP contribution in [0, 0.1) is 6.92 Å². The van der Waals surface area contributed by atoms with Crippen molar-refractivity contribution in [3.8, 4) is 11.5 Å². The van der Waals surface area contributed by atoms with Gasteiger partial charge in [-0.1, -0.05) is 18.2 Å². The SMILES string of the molecule is COC(=O)C(OC)c1cc(C)cc(NC(=O)c2ccc(OC[C@@H]3CN(C)c4ccccc4O3)cc2)c1. The highest BCUT2D eigenvalue weighted by atomic mass is 16.6. The molecule has 0 saturated carbocycles. The molecule has 1 N–H and O–H groups in total. The molecule has 2 atom stereocenters. The van der Waals surface area contributed by atoms with Gasteiger partial charge in [0, 0.05) is 25.4 Å². The number of nitrogens with one attached hydrogen (secondary N) is 1. The van der Waals surface area contributed by atoms with E-state index in [4.69, 9.17) is 18.9 Å². The minimum absolute atomic E-state index is 0.107. The number of carbonyl (C=O) groups is 2. The highest BCUT2D eigenvalue weighted by molar-refractivity contribution is 6.04. The lowest BCUT2D eigenvalue weighted by atomic mass is 10.0. The van der Waals surface area contributed by atoms with Crippen LogP contribution in [0.15, 0.2) is 66.7 Å². The van der Waals surface area contributed by atoms with E-state index in [1.54, 1.807) is 30.3 Å². The zero-order chi connectivity index (χ0) is 25.7. The highest BCUT2D eigenvalue weighted by Gasteiger charge is 2.24. The quantitative estimate of drug-likeness (QED) is 0.469. The fourth-order valence-electron chi connectivity index (χ4n) is 4.19. The Labute approximate surface area is 210 Å². The van der Waals surface area contributed by atoms with E-state index in [-0.39, 0.29) is 12.0 Å². The molecule has 1 heterocycles. The number of hydrogen-bond donors (Lipinski definition) is 1. The van der Waals surface area contributed by atoms with Gasteiger partial charge in [-0.25, -0.2) is 4.79 Å². The average molecular weight is 491 g/mol. The van der Waals surface area contributed by atoms with Gasteiger partial charge in [0.25, 0.3) is 5.91 Å². The first-order chi connectivity index (χ1) is 17.4. The molecule has 0 spiro atoms. The summed E-state index contributed by atoms with van der Waals surface area (Å²) in [7, 11) is 4.77. The number of carbonyl (C=O) groups excluding carboxylic acids is 2. The molecule has 1 unspecified atom stereocenters. The van der Waals surface area contributed by atoms with Crippen LogP contribution < -0.4 is 19.7 Å². The van der Waals surface area contributed by atoms with Gasteiger partial charge < -0.3 is 29.2 Å². The van der Waals surface area contributed by atoms with Crippen molar-refractivity contribution >= 4 is 23.3 Å². The van der Waals surface area contributed by atoms with Crippen LogP contribution in [0.1, 0.15) is 27.6 Å². The molecule has 0 radical (unpaired) electrons. The molecule has 1 aliphatic rings. The Kier molecular flexibility index (Phi) is 7.75. The molecular formula is C28H30N2O6. The lowest BCUT2D eigenvalue weighted by Gasteiger charge is -2.33. The third-order valence-corrected chi connectivity index (χ3v) is 5.91. The number of hydrogen-bond acceptors (Lipinski definition) is 7. The Morgan fingerprint density at radius 1 is 1.08 bits per heavy atom. The van der Waals surface area contributed by atoms with Crippen LogP contribution >= 0.6 is 0 Å². The molecule has 3 aromatic rings. The molecule has 0 aromatic heterocycles. The summed E-state index contributed by atoms with van der Waals surface area (Å²) in [5, 5.41) is 2.88. The zero-order valence-electron chi connectivity index (χ0n) is 20.8. The summed E-state index contributed by atoms with van der Waals surface area (Å²) >= 11 is 0. The first-order valence-electron chi connectivity index (χ1n) is 11.6. The van der Waals surface area contributed by atoms with Gasteiger partial charge in [0.1, 0.15) is 24.2 Å².